The van der Waals surface area contributed by atoms with Gasteiger partial charge in [0.15, 0.2) is 0 Å². The molecule has 6 heteroatoms. The molecule has 0 saturated heterocycles. The van der Waals surface area contributed by atoms with E-state index < -0.39 is 0 Å². The van der Waals surface area contributed by atoms with Crippen molar-refractivity contribution in [2.24, 2.45) is 5.92 Å². The molecule has 0 spiro atoms. The van der Waals surface area contributed by atoms with Crippen molar-refractivity contribution in [2.45, 2.75) is 44.3 Å². The van der Waals surface area contributed by atoms with Crippen LogP contribution in [0.3, 0.4) is 0 Å². The Kier molecular flexibility index (Phi) is 5.56. The summed E-state index contributed by atoms with van der Waals surface area (Å²) < 4.78 is 20.9. The molecular weight excluding hydrogens is 392 g/mol. The van der Waals surface area contributed by atoms with Crippen molar-refractivity contribution in [1.82, 2.24) is 8.75 Å². The van der Waals surface area contributed by atoms with Crippen LogP contribution in [0, 0.1) is 5.92 Å². The van der Waals surface area contributed by atoms with Crippen molar-refractivity contribution in [2.75, 3.05) is 0 Å². The number of hydrogen-bond donors (Lipinski definition) is 0. The summed E-state index contributed by atoms with van der Waals surface area (Å²) in [6, 6.07) is 18.8. The number of halogens is 1. The van der Waals surface area contributed by atoms with Gasteiger partial charge in [-0.05, 0) is 54.7 Å². The van der Waals surface area contributed by atoms with E-state index in [0.717, 1.165) is 42.5 Å². The third-order valence-electron chi connectivity index (χ3n) is 5.86. The highest BCUT2D eigenvalue weighted by atomic mass is 35.5. The molecule has 5 rings (SSSR count). The molecule has 2 aliphatic rings. The second-order valence-corrected chi connectivity index (χ2v) is 8.19. The Labute approximate surface area is 175 Å². The van der Waals surface area contributed by atoms with Crippen molar-refractivity contribution in [1.29, 1.82) is 0 Å². The summed E-state index contributed by atoms with van der Waals surface area (Å²) in [4.78, 5) is 0. The van der Waals surface area contributed by atoms with Crippen LogP contribution in [0.5, 0.6) is 11.8 Å². The summed E-state index contributed by atoms with van der Waals surface area (Å²) in [5.41, 5.74) is 3.51. The first kappa shape index (κ1) is 19.2. The molecule has 0 amide bonds. The van der Waals surface area contributed by atoms with Crippen LogP contribution in [0.4, 0.5) is 0 Å². The molecule has 28 heavy (non-hydrogen) atoms. The first-order valence-electron chi connectivity index (χ1n) is 9.58. The molecule has 1 heterocycles. The maximum Gasteiger partial charge on any atom is 0.291 e. The molecule has 3 aromatic rings. The first-order chi connectivity index (χ1) is 13.3. The van der Waals surface area contributed by atoms with E-state index in [4.69, 9.17) is 9.47 Å². The average Bonchev–Trinajstić information content (AvgIpc) is 3.44. The molecule has 1 aromatic heterocycles. The minimum absolute atomic E-state index is 0. The van der Waals surface area contributed by atoms with E-state index in [1.807, 2.05) is 6.07 Å². The van der Waals surface area contributed by atoms with Gasteiger partial charge >= 0.3 is 0 Å². The molecule has 4 nitrogen and oxygen atoms in total. The van der Waals surface area contributed by atoms with Crippen LogP contribution in [0.1, 0.15) is 37.7 Å². The summed E-state index contributed by atoms with van der Waals surface area (Å²) in [6.45, 7) is 0.465. The summed E-state index contributed by atoms with van der Waals surface area (Å²) in [7, 11) is 0. The number of benzene rings is 2. The Morgan fingerprint density at radius 3 is 2.25 bits per heavy atom. The molecule has 2 aliphatic carbocycles. The highest BCUT2D eigenvalue weighted by Crippen LogP contribution is 2.50. The van der Waals surface area contributed by atoms with E-state index in [2.05, 4.69) is 57.3 Å². The van der Waals surface area contributed by atoms with Crippen LogP contribution in [0.15, 0.2) is 54.6 Å². The van der Waals surface area contributed by atoms with Gasteiger partial charge in [-0.2, -0.15) is 0 Å². The van der Waals surface area contributed by atoms with Crippen molar-refractivity contribution in [3.8, 4) is 22.9 Å². The molecule has 0 unspecified atom stereocenters. The first-order valence-corrected chi connectivity index (χ1v) is 10.3. The maximum atomic E-state index is 6.30. The SMILES string of the molecule is Cl.c1ccc(-c2ccc(COc3nsnc3OC34CCC(CC3)C4)cc2)cc1. The van der Waals surface area contributed by atoms with Crippen LogP contribution in [-0.2, 0) is 6.61 Å². The molecular formula is C22H23ClN2O2S. The Balaban J connectivity index is 0.00000192. The lowest BCUT2D eigenvalue weighted by Gasteiger charge is -2.26. The van der Waals surface area contributed by atoms with Crippen LogP contribution >= 0.6 is 24.1 Å². The van der Waals surface area contributed by atoms with E-state index >= 15 is 0 Å². The van der Waals surface area contributed by atoms with Crippen molar-refractivity contribution < 1.29 is 9.47 Å². The largest absolute Gasteiger partial charge is 0.468 e. The number of ether oxygens (including phenoxy) is 2. The number of hydrogen-bond acceptors (Lipinski definition) is 5. The van der Waals surface area contributed by atoms with E-state index in [9.17, 15) is 0 Å². The molecule has 2 fully saturated rings. The van der Waals surface area contributed by atoms with Crippen molar-refractivity contribution in [3.63, 3.8) is 0 Å². The summed E-state index contributed by atoms with van der Waals surface area (Å²) in [5, 5.41) is 0. The van der Waals surface area contributed by atoms with Gasteiger partial charge < -0.3 is 9.47 Å². The average molecular weight is 415 g/mol. The maximum absolute atomic E-state index is 6.30. The van der Waals surface area contributed by atoms with Gasteiger partial charge in [-0.25, -0.2) is 0 Å². The van der Waals surface area contributed by atoms with Gasteiger partial charge in [0.25, 0.3) is 11.8 Å². The summed E-state index contributed by atoms with van der Waals surface area (Å²) in [5.74, 6) is 1.93. The predicted octanol–water partition coefficient (Wildman–Crippen LogP) is 5.92. The van der Waals surface area contributed by atoms with Gasteiger partial charge in [-0.15, -0.1) is 21.2 Å². The minimum atomic E-state index is -0.0180. The lowest BCUT2D eigenvalue weighted by molar-refractivity contribution is 0.0701. The Morgan fingerprint density at radius 2 is 1.57 bits per heavy atom. The predicted molar refractivity (Wildman–Crippen MR) is 113 cm³/mol. The highest BCUT2D eigenvalue weighted by Gasteiger charge is 2.47. The zero-order valence-corrected chi connectivity index (χ0v) is 17.2. The Hall–Kier alpha value is -2.11. The molecule has 2 bridgehead atoms. The summed E-state index contributed by atoms with van der Waals surface area (Å²) >= 11 is 1.16. The topological polar surface area (TPSA) is 44.2 Å². The number of fused-ring (bicyclic) bond motifs is 2. The number of nitrogens with zero attached hydrogens (tertiary/aromatic N) is 2. The molecule has 2 aromatic carbocycles. The van der Waals surface area contributed by atoms with Gasteiger partial charge in [-0.3, -0.25) is 0 Å². The van der Waals surface area contributed by atoms with Gasteiger partial charge in [0.05, 0.1) is 11.7 Å². The lowest BCUT2D eigenvalue weighted by atomic mass is 9.97. The quantitative estimate of drug-likeness (QED) is 0.502. The lowest BCUT2D eigenvalue weighted by Crippen LogP contribution is -2.30. The fraction of sp³-hybridized carbons (Fsp3) is 0.364. The van der Waals surface area contributed by atoms with Crippen molar-refractivity contribution >= 4 is 24.1 Å². The molecule has 2 saturated carbocycles. The molecule has 0 radical (unpaired) electrons. The zero-order valence-electron chi connectivity index (χ0n) is 15.5. The van der Waals surface area contributed by atoms with E-state index in [1.54, 1.807) is 0 Å². The second kappa shape index (κ2) is 8.10. The number of rotatable bonds is 6. The van der Waals surface area contributed by atoms with Gasteiger partial charge in [-0.1, -0.05) is 54.6 Å². The third kappa shape index (κ3) is 3.87. The fourth-order valence-corrected chi connectivity index (χ4v) is 4.82. The number of aromatic nitrogens is 2. The van der Waals surface area contributed by atoms with Gasteiger partial charge in [0.2, 0.25) is 0 Å². The van der Waals surface area contributed by atoms with Crippen molar-refractivity contribution in [3.05, 3.63) is 60.2 Å². The van der Waals surface area contributed by atoms with E-state index in [0.29, 0.717) is 18.4 Å². The standard InChI is InChI=1S/C22H22N2O2S.ClH/c1-2-4-18(5-3-1)19-8-6-17(7-9-19)15-25-20-21(24-27-23-20)26-22-12-10-16(14-22)11-13-22;/h1-9,16H,10-15H2;1H. The van der Waals surface area contributed by atoms with Crippen LogP contribution in [-0.4, -0.2) is 14.3 Å². The van der Waals surface area contributed by atoms with E-state index in [-0.39, 0.29) is 18.0 Å². The highest BCUT2D eigenvalue weighted by molar-refractivity contribution is 6.99. The molecule has 0 N–H and O–H groups in total. The second-order valence-electron chi connectivity index (χ2n) is 7.66. The van der Waals surface area contributed by atoms with Crippen LogP contribution in [0.2, 0.25) is 0 Å². The molecule has 146 valence electrons. The van der Waals surface area contributed by atoms with Gasteiger partial charge in [0, 0.05) is 0 Å². The molecule has 0 aliphatic heterocycles. The monoisotopic (exact) mass is 414 g/mol. The Morgan fingerprint density at radius 1 is 0.893 bits per heavy atom. The Bertz CT molecular complexity index is 906. The smallest absolute Gasteiger partial charge is 0.291 e. The fourth-order valence-electron chi connectivity index (χ4n) is 4.39. The van der Waals surface area contributed by atoms with Crippen LogP contribution in [0.25, 0.3) is 11.1 Å². The normalized spacial score (nSPS) is 22.6. The molecule has 0 atom stereocenters. The summed E-state index contributed by atoms with van der Waals surface area (Å²) in [6.07, 6.45) is 5.99. The van der Waals surface area contributed by atoms with Gasteiger partial charge in [0.1, 0.15) is 12.2 Å². The third-order valence-corrected chi connectivity index (χ3v) is 6.35. The van der Waals surface area contributed by atoms with Crippen LogP contribution < -0.4 is 9.47 Å². The minimum Gasteiger partial charge on any atom is -0.468 e. The zero-order chi connectivity index (χ0) is 18.1. The van der Waals surface area contributed by atoms with E-state index in [1.165, 1.54) is 24.0 Å².